The van der Waals surface area contributed by atoms with Gasteiger partial charge in [0.2, 0.25) is 0 Å². The summed E-state index contributed by atoms with van der Waals surface area (Å²) in [5.41, 5.74) is 0. The van der Waals surface area contributed by atoms with Gasteiger partial charge in [0.1, 0.15) is 0 Å². The minimum absolute atomic E-state index is 0.0689. The molecular formula is C8H14N2O2. The first kappa shape index (κ1) is 8.01. The number of nitrogens with one attached hydrogen (secondary N) is 1. The van der Waals surface area contributed by atoms with E-state index in [1.54, 1.807) is 0 Å². The van der Waals surface area contributed by atoms with Gasteiger partial charge in [-0.15, -0.1) is 0 Å². The smallest absolute Gasteiger partial charge is 0.260 e. The molecule has 0 aromatic heterocycles. The lowest BCUT2D eigenvalue weighted by Gasteiger charge is -2.13. The zero-order chi connectivity index (χ0) is 8.39. The number of hydrogen-bond donors (Lipinski definition) is 1. The molecule has 2 rings (SSSR count). The van der Waals surface area contributed by atoms with Gasteiger partial charge >= 0.3 is 0 Å². The van der Waals surface area contributed by atoms with Crippen molar-refractivity contribution in [2.75, 3.05) is 19.7 Å². The molecule has 0 aromatic carbocycles. The van der Waals surface area contributed by atoms with E-state index in [1.807, 2.05) is 0 Å². The van der Waals surface area contributed by atoms with Crippen LogP contribution in [0.3, 0.4) is 0 Å². The quantitative estimate of drug-likeness (QED) is 0.643. The maximum Gasteiger partial charge on any atom is 0.260 e. The van der Waals surface area contributed by atoms with Gasteiger partial charge in [-0.05, 0) is 19.3 Å². The highest BCUT2D eigenvalue weighted by Gasteiger charge is 2.24. The number of amides is 1. The highest BCUT2D eigenvalue weighted by Crippen LogP contribution is 2.18. The summed E-state index contributed by atoms with van der Waals surface area (Å²) < 4.78 is 0. The Bertz CT molecular complexity index is 174. The van der Waals surface area contributed by atoms with Crippen LogP contribution in [-0.2, 0) is 9.63 Å². The molecule has 12 heavy (non-hydrogen) atoms. The molecule has 1 heterocycles. The molecule has 0 radical (unpaired) electrons. The van der Waals surface area contributed by atoms with E-state index < -0.39 is 0 Å². The first-order chi connectivity index (χ1) is 5.86. The molecule has 4 heteroatoms. The second-order valence-corrected chi connectivity index (χ2v) is 3.34. The highest BCUT2D eigenvalue weighted by atomic mass is 16.7. The summed E-state index contributed by atoms with van der Waals surface area (Å²) in [4.78, 5) is 16.4. The average Bonchev–Trinajstić information content (AvgIpc) is 2.74. The molecule has 1 aliphatic carbocycles. The molecule has 2 aliphatic rings. The topological polar surface area (TPSA) is 41.6 Å². The van der Waals surface area contributed by atoms with E-state index in [4.69, 9.17) is 4.84 Å². The lowest BCUT2D eigenvalue weighted by atomic mass is 10.4. The predicted octanol–water partition coefficient (Wildman–Crippen LogP) is -0.0977. The first-order valence-electron chi connectivity index (χ1n) is 4.53. The molecule has 2 fully saturated rings. The molecule has 4 nitrogen and oxygen atoms in total. The maximum absolute atomic E-state index is 11.3. The zero-order valence-electron chi connectivity index (χ0n) is 7.08. The van der Waals surface area contributed by atoms with Gasteiger partial charge in [0.15, 0.2) is 0 Å². The predicted molar refractivity (Wildman–Crippen MR) is 43.3 cm³/mol. The van der Waals surface area contributed by atoms with Crippen molar-refractivity contribution in [3.63, 3.8) is 0 Å². The van der Waals surface area contributed by atoms with Crippen LogP contribution in [0.25, 0.3) is 0 Å². The van der Waals surface area contributed by atoms with Crippen molar-refractivity contribution in [2.45, 2.75) is 25.3 Å². The van der Waals surface area contributed by atoms with Crippen molar-refractivity contribution in [2.24, 2.45) is 0 Å². The first-order valence-corrected chi connectivity index (χ1v) is 4.53. The minimum Gasteiger partial charge on any atom is -0.306 e. The fourth-order valence-electron chi connectivity index (χ4n) is 1.25. The Morgan fingerprint density at radius 2 is 2.42 bits per heavy atom. The van der Waals surface area contributed by atoms with Gasteiger partial charge in [0.25, 0.3) is 5.91 Å². The monoisotopic (exact) mass is 170 g/mol. The fourth-order valence-corrected chi connectivity index (χ4v) is 1.25. The number of hydrogen-bond acceptors (Lipinski definition) is 3. The fraction of sp³-hybridized carbons (Fsp3) is 0.875. The van der Waals surface area contributed by atoms with Gasteiger partial charge < -0.3 is 5.32 Å². The highest BCUT2D eigenvalue weighted by molar-refractivity contribution is 5.77. The SMILES string of the molecule is O=C(CNC1CC1)N1CCCO1. The van der Waals surface area contributed by atoms with Crippen LogP contribution in [0.1, 0.15) is 19.3 Å². The molecular weight excluding hydrogens is 156 g/mol. The lowest BCUT2D eigenvalue weighted by molar-refractivity contribution is -0.167. The summed E-state index contributed by atoms with van der Waals surface area (Å²) in [6, 6.07) is 0.594. The van der Waals surface area contributed by atoms with Crippen molar-refractivity contribution >= 4 is 5.91 Å². The van der Waals surface area contributed by atoms with Gasteiger partial charge in [-0.25, -0.2) is 5.06 Å². The van der Waals surface area contributed by atoms with Crippen molar-refractivity contribution in [3.8, 4) is 0 Å². The van der Waals surface area contributed by atoms with Gasteiger partial charge in [-0.2, -0.15) is 0 Å². The van der Waals surface area contributed by atoms with E-state index in [-0.39, 0.29) is 5.91 Å². The Hall–Kier alpha value is -0.610. The molecule has 1 saturated carbocycles. The number of nitrogens with zero attached hydrogens (tertiary/aromatic N) is 1. The van der Waals surface area contributed by atoms with Gasteiger partial charge in [0, 0.05) is 6.04 Å². The van der Waals surface area contributed by atoms with Gasteiger partial charge in [-0.1, -0.05) is 0 Å². The summed E-state index contributed by atoms with van der Waals surface area (Å²) in [6.07, 6.45) is 3.40. The normalized spacial score (nSPS) is 23.2. The third-order valence-corrected chi connectivity index (χ3v) is 2.15. The summed E-state index contributed by atoms with van der Waals surface area (Å²) in [5, 5.41) is 4.63. The van der Waals surface area contributed by atoms with E-state index in [0.29, 0.717) is 19.2 Å². The summed E-state index contributed by atoms with van der Waals surface area (Å²) in [6.45, 7) is 1.88. The standard InChI is InChI=1S/C8H14N2O2/c11-8(6-9-7-2-3-7)10-4-1-5-12-10/h7,9H,1-6H2. The Morgan fingerprint density at radius 3 is 3.00 bits per heavy atom. The molecule has 1 aliphatic heterocycles. The maximum atomic E-state index is 11.3. The minimum atomic E-state index is 0.0689. The van der Waals surface area contributed by atoms with Crippen LogP contribution in [0.5, 0.6) is 0 Å². The van der Waals surface area contributed by atoms with Crippen LogP contribution in [0, 0.1) is 0 Å². The molecule has 0 aromatic rings. The second kappa shape index (κ2) is 3.41. The Kier molecular flexibility index (Phi) is 2.28. The van der Waals surface area contributed by atoms with Crippen LogP contribution in [0.2, 0.25) is 0 Å². The zero-order valence-corrected chi connectivity index (χ0v) is 7.08. The Labute approximate surface area is 71.8 Å². The van der Waals surface area contributed by atoms with Crippen LogP contribution in [0.4, 0.5) is 0 Å². The molecule has 68 valence electrons. The van der Waals surface area contributed by atoms with E-state index >= 15 is 0 Å². The molecule has 1 N–H and O–H groups in total. The summed E-state index contributed by atoms with van der Waals surface area (Å²) in [5.74, 6) is 0.0689. The molecule has 0 spiro atoms. The second-order valence-electron chi connectivity index (χ2n) is 3.34. The summed E-state index contributed by atoms with van der Waals surface area (Å²) >= 11 is 0. The van der Waals surface area contributed by atoms with E-state index in [1.165, 1.54) is 17.9 Å². The number of rotatable bonds is 3. The molecule has 0 atom stereocenters. The number of carbonyl (C=O) groups excluding carboxylic acids is 1. The van der Waals surface area contributed by atoms with Crippen LogP contribution in [0.15, 0.2) is 0 Å². The van der Waals surface area contributed by atoms with E-state index in [2.05, 4.69) is 5.32 Å². The van der Waals surface area contributed by atoms with Crippen molar-refractivity contribution in [1.82, 2.24) is 10.4 Å². The average molecular weight is 170 g/mol. The van der Waals surface area contributed by atoms with Gasteiger partial charge in [-0.3, -0.25) is 9.63 Å². The summed E-state index contributed by atoms with van der Waals surface area (Å²) in [7, 11) is 0. The number of hydroxylamine groups is 2. The molecule has 1 saturated heterocycles. The van der Waals surface area contributed by atoms with Gasteiger partial charge in [0.05, 0.1) is 19.7 Å². The van der Waals surface area contributed by atoms with Crippen LogP contribution in [-0.4, -0.2) is 36.7 Å². The van der Waals surface area contributed by atoms with E-state index in [0.717, 1.165) is 13.0 Å². The Balaban J connectivity index is 1.67. The third kappa shape index (κ3) is 1.95. The van der Waals surface area contributed by atoms with E-state index in [9.17, 15) is 4.79 Å². The van der Waals surface area contributed by atoms with Crippen molar-refractivity contribution in [1.29, 1.82) is 0 Å². The Morgan fingerprint density at radius 1 is 1.58 bits per heavy atom. The molecule has 0 unspecified atom stereocenters. The van der Waals surface area contributed by atoms with Crippen molar-refractivity contribution in [3.05, 3.63) is 0 Å². The number of carbonyl (C=O) groups is 1. The lowest BCUT2D eigenvalue weighted by Crippen LogP contribution is -2.36. The van der Waals surface area contributed by atoms with Crippen molar-refractivity contribution < 1.29 is 9.63 Å². The van der Waals surface area contributed by atoms with Crippen LogP contribution < -0.4 is 5.32 Å². The molecule has 1 amide bonds. The largest absolute Gasteiger partial charge is 0.306 e. The van der Waals surface area contributed by atoms with Crippen LogP contribution >= 0.6 is 0 Å². The third-order valence-electron chi connectivity index (χ3n) is 2.15. The molecule has 0 bridgehead atoms.